The summed E-state index contributed by atoms with van der Waals surface area (Å²) < 4.78 is 10.3. The molecule has 1 heterocycles. The normalized spacial score (nSPS) is 19.4. The third kappa shape index (κ3) is 3.24. The van der Waals surface area contributed by atoms with Crippen molar-refractivity contribution in [3.05, 3.63) is 30.3 Å². The molecule has 4 nitrogen and oxygen atoms in total. The van der Waals surface area contributed by atoms with E-state index in [9.17, 15) is 4.79 Å². The molecular formula is C12H15NO3. The van der Waals surface area contributed by atoms with Crippen LogP contribution in [0.15, 0.2) is 30.3 Å². The first-order valence-corrected chi connectivity index (χ1v) is 5.41. The Balaban J connectivity index is 1.71. The molecule has 2 rings (SSSR count). The zero-order valence-corrected chi connectivity index (χ0v) is 9.02. The van der Waals surface area contributed by atoms with Crippen LogP contribution in [0.4, 0.5) is 5.69 Å². The maximum atomic E-state index is 11.4. The van der Waals surface area contributed by atoms with Gasteiger partial charge >= 0.3 is 5.97 Å². The smallest absolute Gasteiger partial charge is 0.325 e. The Kier molecular flexibility index (Phi) is 3.77. The number of esters is 1. The van der Waals surface area contributed by atoms with Crippen LogP contribution in [-0.2, 0) is 14.3 Å². The molecule has 1 aromatic rings. The third-order valence-electron chi connectivity index (χ3n) is 2.40. The van der Waals surface area contributed by atoms with E-state index in [1.165, 1.54) is 0 Å². The third-order valence-corrected chi connectivity index (χ3v) is 2.40. The first-order valence-electron chi connectivity index (χ1n) is 5.41. The predicted octanol–water partition coefficient (Wildman–Crippen LogP) is 1.43. The summed E-state index contributed by atoms with van der Waals surface area (Å²) in [5.41, 5.74) is 0.919. The van der Waals surface area contributed by atoms with E-state index in [1.807, 2.05) is 30.3 Å². The van der Waals surface area contributed by atoms with Crippen LogP contribution in [0.25, 0.3) is 0 Å². The summed E-state index contributed by atoms with van der Waals surface area (Å²) in [6.45, 7) is 1.40. The van der Waals surface area contributed by atoms with E-state index in [-0.39, 0.29) is 18.6 Å². The molecule has 86 valence electrons. The molecule has 1 fully saturated rings. The van der Waals surface area contributed by atoms with Crippen molar-refractivity contribution in [2.45, 2.75) is 12.5 Å². The lowest BCUT2D eigenvalue weighted by Gasteiger charge is -2.11. The fourth-order valence-corrected chi connectivity index (χ4v) is 1.56. The standard InChI is InChI=1S/C12H15NO3/c14-12(16-11-6-7-15-9-11)8-13-10-4-2-1-3-5-10/h1-5,11,13H,6-9H2. The lowest BCUT2D eigenvalue weighted by Crippen LogP contribution is -2.23. The quantitative estimate of drug-likeness (QED) is 0.781. The highest BCUT2D eigenvalue weighted by molar-refractivity contribution is 5.75. The van der Waals surface area contributed by atoms with Crippen molar-refractivity contribution in [1.29, 1.82) is 0 Å². The van der Waals surface area contributed by atoms with Crippen molar-refractivity contribution >= 4 is 11.7 Å². The molecule has 0 amide bonds. The number of anilines is 1. The number of rotatable bonds is 4. The summed E-state index contributed by atoms with van der Waals surface area (Å²) in [6, 6.07) is 9.58. The minimum absolute atomic E-state index is 0.0647. The van der Waals surface area contributed by atoms with Crippen molar-refractivity contribution in [2.75, 3.05) is 25.1 Å². The van der Waals surface area contributed by atoms with Gasteiger partial charge in [0.15, 0.2) is 0 Å². The molecule has 1 saturated heterocycles. The molecule has 1 N–H and O–H groups in total. The summed E-state index contributed by atoms with van der Waals surface area (Å²) in [7, 11) is 0. The largest absolute Gasteiger partial charge is 0.459 e. The number of carbonyl (C=O) groups excluding carboxylic acids is 1. The molecule has 16 heavy (non-hydrogen) atoms. The first-order chi connectivity index (χ1) is 7.84. The topological polar surface area (TPSA) is 47.6 Å². The van der Waals surface area contributed by atoms with Crippen LogP contribution in [0.3, 0.4) is 0 Å². The molecule has 1 aliphatic heterocycles. The van der Waals surface area contributed by atoms with E-state index in [2.05, 4.69) is 5.32 Å². The zero-order chi connectivity index (χ0) is 11.2. The SMILES string of the molecule is O=C(CNc1ccccc1)OC1CCOC1. The average Bonchev–Trinajstić information content (AvgIpc) is 2.81. The highest BCUT2D eigenvalue weighted by atomic mass is 16.6. The van der Waals surface area contributed by atoms with Gasteiger partial charge in [0.1, 0.15) is 12.6 Å². The lowest BCUT2D eigenvalue weighted by molar-refractivity contribution is -0.146. The number of nitrogens with one attached hydrogen (secondary N) is 1. The van der Waals surface area contributed by atoms with Crippen molar-refractivity contribution in [3.8, 4) is 0 Å². The molecule has 1 aromatic carbocycles. The van der Waals surface area contributed by atoms with E-state index in [1.54, 1.807) is 0 Å². The second kappa shape index (κ2) is 5.51. The Morgan fingerprint density at radius 1 is 1.44 bits per heavy atom. The van der Waals surface area contributed by atoms with Gasteiger partial charge in [-0.25, -0.2) is 0 Å². The van der Waals surface area contributed by atoms with E-state index < -0.39 is 0 Å². The van der Waals surface area contributed by atoms with Crippen LogP contribution >= 0.6 is 0 Å². The highest BCUT2D eigenvalue weighted by Gasteiger charge is 2.19. The molecule has 0 spiro atoms. The lowest BCUT2D eigenvalue weighted by atomic mass is 10.3. The fraction of sp³-hybridized carbons (Fsp3) is 0.417. The Labute approximate surface area is 94.6 Å². The predicted molar refractivity (Wildman–Crippen MR) is 60.2 cm³/mol. The fourth-order valence-electron chi connectivity index (χ4n) is 1.56. The van der Waals surface area contributed by atoms with Gasteiger partial charge in [0.2, 0.25) is 0 Å². The summed E-state index contributed by atoms with van der Waals surface area (Å²) in [5.74, 6) is -0.237. The Morgan fingerprint density at radius 2 is 2.25 bits per heavy atom. The van der Waals surface area contributed by atoms with E-state index in [4.69, 9.17) is 9.47 Å². The summed E-state index contributed by atoms with van der Waals surface area (Å²) >= 11 is 0. The number of para-hydroxylation sites is 1. The minimum Gasteiger partial charge on any atom is -0.459 e. The van der Waals surface area contributed by atoms with Crippen LogP contribution in [0.1, 0.15) is 6.42 Å². The van der Waals surface area contributed by atoms with Gasteiger partial charge in [-0.05, 0) is 12.1 Å². The molecule has 0 radical (unpaired) electrons. The number of ether oxygens (including phenoxy) is 2. The summed E-state index contributed by atoms with van der Waals surface area (Å²) in [6.07, 6.45) is 0.738. The van der Waals surface area contributed by atoms with Gasteiger partial charge in [0, 0.05) is 12.1 Å². The van der Waals surface area contributed by atoms with Gasteiger partial charge in [-0.15, -0.1) is 0 Å². The van der Waals surface area contributed by atoms with Crippen molar-refractivity contribution in [1.82, 2.24) is 0 Å². The summed E-state index contributed by atoms with van der Waals surface area (Å²) in [4.78, 5) is 11.4. The molecule has 4 heteroatoms. The molecular weight excluding hydrogens is 206 g/mol. The Bertz CT molecular complexity index is 333. The van der Waals surface area contributed by atoms with Gasteiger partial charge in [0.25, 0.3) is 0 Å². The van der Waals surface area contributed by atoms with Crippen molar-refractivity contribution in [3.63, 3.8) is 0 Å². The van der Waals surface area contributed by atoms with Gasteiger partial charge in [-0.1, -0.05) is 18.2 Å². The van der Waals surface area contributed by atoms with Crippen LogP contribution in [0.2, 0.25) is 0 Å². The van der Waals surface area contributed by atoms with Crippen LogP contribution < -0.4 is 5.32 Å². The molecule has 1 unspecified atom stereocenters. The summed E-state index contributed by atoms with van der Waals surface area (Å²) in [5, 5.41) is 3.00. The molecule has 1 atom stereocenters. The first kappa shape index (κ1) is 11.0. The molecule has 0 aromatic heterocycles. The van der Waals surface area contributed by atoms with Gasteiger partial charge in [-0.3, -0.25) is 4.79 Å². The Morgan fingerprint density at radius 3 is 2.94 bits per heavy atom. The van der Waals surface area contributed by atoms with E-state index in [0.29, 0.717) is 13.2 Å². The maximum Gasteiger partial charge on any atom is 0.325 e. The maximum absolute atomic E-state index is 11.4. The van der Waals surface area contributed by atoms with Crippen LogP contribution in [0.5, 0.6) is 0 Å². The second-order valence-corrected chi connectivity index (χ2v) is 3.70. The van der Waals surface area contributed by atoms with Gasteiger partial charge in [-0.2, -0.15) is 0 Å². The number of hydrogen-bond acceptors (Lipinski definition) is 4. The van der Waals surface area contributed by atoms with E-state index in [0.717, 1.165) is 12.1 Å². The average molecular weight is 221 g/mol. The number of benzene rings is 1. The zero-order valence-electron chi connectivity index (χ0n) is 9.02. The Hall–Kier alpha value is -1.55. The van der Waals surface area contributed by atoms with Gasteiger partial charge < -0.3 is 14.8 Å². The van der Waals surface area contributed by atoms with Crippen LogP contribution in [0, 0.1) is 0 Å². The van der Waals surface area contributed by atoms with Crippen molar-refractivity contribution < 1.29 is 14.3 Å². The molecule has 1 aliphatic rings. The monoisotopic (exact) mass is 221 g/mol. The number of hydrogen-bond donors (Lipinski definition) is 1. The van der Waals surface area contributed by atoms with Crippen LogP contribution in [-0.4, -0.2) is 31.8 Å². The minimum atomic E-state index is -0.237. The molecule has 0 saturated carbocycles. The molecule has 0 bridgehead atoms. The molecule has 0 aliphatic carbocycles. The van der Waals surface area contributed by atoms with E-state index >= 15 is 0 Å². The number of carbonyl (C=O) groups is 1. The second-order valence-electron chi connectivity index (χ2n) is 3.70. The van der Waals surface area contributed by atoms with Gasteiger partial charge in [0.05, 0.1) is 13.2 Å². The highest BCUT2D eigenvalue weighted by Crippen LogP contribution is 2.09. The van der Waals surface area contributed by atoms with Crippen molar-refractivity contribution in [2.24, 2.45) is 0 Å².